The summed E-state index contributed by atoms with van der Waals surface area (Å²) in [5.74, 6) is 0.685. The van der Waals surface area contributed by atoms with Crippen molar-refractivity contribution in [3.8, 4) is 0 Å². The van der Waals surface area contributed by atoms with Gasteiger partial charge < -0.3 is 62.3 Å². The summed E-state index contributed by atoms with van der Waals surface area (Å²) < 4.78 is 69.4. The number of alkyl halides is 2. The summed E-state index contributed by atoms with van der Waals surface area (Å²) in [6, 6.07) is 3.95. The van der Waals surface area contributed by atoms with Gasteiger partial charge in [0.05, 0.1) is 92.6 Å². The molecule has 0 atom stereocenters. The second kappa shape index (κ2) is 84.0. The van der Waals surface area contributed by atoms with Gasteiger partial charge in [-0.2, -0.15) is 0 Å². The molecule has 4 rings (SSSR count). The maximum Gasteiger partial charge on any atom is 0.113 e. The highest BCUT2D eigenvalue weighted by Crippen LogP contribution is 2.25. The van der Waals surface area contributed by atoms with Crippen LogP contribution >= 0.6 is 0 Å². The highest BCUT2D eigenvalue weighted by Gasteiger charge is 2.32. The predicted octanol–water partition coefficient (Wildman–Crippen LogP) is 9.05. The number of aromatic nitrogens is 1. The number of methoxy groups -OCH3 is 7. The molecule has 63 heavy (non-hydrogen) atoms. The van der Waals surface area contributed by atoms with Gasteiger partial charge in [0.2, 0.25) is 0 Å². The molecule has 3 fully saturated rings. The number of rotatable bonds is 14. The maximum absolute atomic E-state index is 11.1. The molecule has 1 aromatic rings. The van der Waals surface area contributed by atoms with Gasteiger partial charge >= 0.3 is 0 Å². The minimum Gasteiger partial charge on any atom is -0.394 e. The van der Waals surface area contributed by atoms with Crippen LogP contribution in [-0.2, 0) is 47.4 Å². The van der Waals surface area contributed by atoms with E-state index >= 15 is 0 Å². The van der Waals surface area contributed by atoms with Crippen molar-refractivity contribution < 1.29 is 61.3 Å². The van der Waals surface area contributed by atoms with Crippen LogP contribution in [0.25, 0.3) is 0 Å². The molecule has 0 unspecified atom stereocenters. The van der Waals surface area contributed by atoms with Crippen molar-refractivity contribution in [3.05, 3.63) is 30.1 Å². The number of hydrogen-bond acceptors (Lipinski definition) is 14. The fourth-order valence-electron chi connectivity index (χ4n) is 3.14. The Morgan fingerprint density at radius 2 is 1.16 bits per heavy atom. The number of hydrogen-bond donors (Lipinski definition) is 1. The number of aryl methyl sites for hydroxylation is 1. The molecule has 1 aromatic heterocycles. The van der Waals surface area contributed by atoms with Crippen LogP contribution in [0.2, 0.25) is 0 Å². The molecule has 3 saturated heterocycles. The van der Waals surface area contributed by atoms with Crippen LogP contribution in [0.15, 0.2) is 24.5 Å². The molecule has 0 amide bonds. The number of likely N-dealkylation sites (N-methyl/N-ethyl adjacent to an activating group) is 1. The summed E-state index contributed by atoms with van der Waals surface area (Å²) in [5, 5.41) is 7.94. The van der Waals surface area contributed by atoms with Crippen molar-refractivity contribution >= 4 is 0 Å². The van der Waals surface area contributed by atoms with Crippen molar-refractivity contribution in [2.75, 3.05) is 197 Å². The standard InChI is InChI=1S/C6H7N.C6H12O2.C5H11NO.C5H10O2.C4H9FO.C4H10O2.C3H7FO.C3H9N.C3H8O2.8CH4/c1-6-3-2-4-7-5-6;1-6(3-7-2)4-8-5-6;1-6-2-4-7-5-3-6;1-6-2-5-3-7-4-5;1-6-4-2-3-5;1-5-3-4-6-2;1-5-3-2-4;1-4(2)3;1-5-3-2-4;;;;;;;;/h2-5H,1H3;3-5H2,1-2H3;2-5H2,1H3;5H,2-4H2,1H3;2-4H2,1H3;3-4H2,1-2H3;2-3H2,1H3;1-3H3;4H,2-3H2,1H3;8*1H4. The SMILES string of the molecule is C.C.C.C.C.C.C.C.CN(C)C.CN1CCOCC1.COCC1(C)COC1.COCC1COC1.COCCCF.COCCF.COCCO.COCCOC.Cc1cccnc1. The summed E-state index contributed by atoms with van der Waals surface area (Å²) in [5.41, 5.74) is 1.54. The Bertz CT molecular complexity index is 745. The van der Waals surface area contributed by atoms with Crippen molar-refractivity contribution in [2.45, 2.75) is 79.7 Å². The van der Waals surface area contributed by atoms with Crippen LogP contribution in [0.4, 0.5) is 8.78 Å². The van der Waals surface area contributed by atoms with E-state index in [0.29, 0.717) is 44.2 Å². The normalized spacial score (nSPS) is 13.0. The second-order valence-electron chi connectivity index (χ2n) is 12.8. The first kappa shape index (κ1) is 95.7. The molecule has 3 aliphatic heterocycles. The third kappa shape index (κ3) is 100. The molecule has 0 bridgehead atoms. The molecule has 3 aliphatic rings. The van der Waals surface area contributed by atoms with E-state index in [1.807, 2.05) is 51.3 Å². The molecule has 398 valence electrons. The Balaban J connectivity index is -0.0000000402. The first-order chi connectivity index (χ1) is 26.4. The van der Waals surface area contributed by atoms with E-state index in [9.17, 15) is 8.78 Å². The Kier molecular flexibility index (Phi) is 128. The molecule has 16 heteroatoms. The molecule has 14 nitrogen and oxygen atoms in total. The zero-order valence-corrected chi connectivity index (χ0v) is 36.9. The average Bonchev–Trinajstić information content (AvgIpc) is 3.14. The van der Waals surface area contributed by atoms with Crippen molar-refractivity contribution in [1.29, 1.82) is 0 Å². The Labute approximate surface area is 393 Å². The van der Waals surface area contributed by atoms with Crippen LogP contribution in [0.1, 0.15) is 78.3 Å². The largest absolute Gasteiger partial charge is 0.394 e. The number of aliphatic hydroxyl groups excluding tert-OH is 1. The van der Waals surface area contributed by atoms with E-state index in [1.54, 1.807) is 48.9 Å². The first-order valence-electron chi connectivity index (χ1n) is 18.4. The first-order valence-corrected chi connectivity index (χ1v) is 18.4. The molecule has 0 aliphatic carbocycles. The number of pyridine rings is 1. The Morgan fingerprint density at radius 1 is 0.698 bits per heavy atom. The van der Waals surface area contributed by atoms with E-state index < -0.39 is 0 Å². The van der Waals surface area contributed by atoms with Gasteiger partial charge in [0.15, 0.2) is 0 Å². The topological polar surface area (TPSA) is 132 Å². The molecule has 4 heterocycles. The number of nitrogens with zero attached hydrogens (tertiary/aromatic N) is 3. The summed E-state index contributed by atoms with van der Waals surface area (Å²) >= 11 is 0. The molecule has 0 aromatic carbocycles. The summed E-state index contributed by atoms with van der Waals surface area (Å²) in [4.78, 5) is 8.15. The van der Waals surface area contributed by atoms with Gasteiger partial charge in [0.1, 0.15) is 6.67 Å². The minimum absolute atomic E-state index is 0. The van der Waals surface area contributed by atoms with Gasteiger partial charge in [0.25, 0.3) is 0 Å². The van der Waals surface area contributed by atoms with E-state index in [2.05, 4.69) is 47.5 Å². The molecule has 0 spiro atoms. The van der Waals surface area contributed by atoms with Gasteiger partial charge in [-0.25, -0.2) is 4.39 Å². The van der Waals surface area contributed by atoms with E-state index in [4.69, 9.17) is 28.8 Å². The number of halogens is 2. The molecular formula is C47H115F2N3O11. The zero-order valence-electron chi connectivity index (χ0n) is 36.9. The zero-order chi connectivity index (χ0) is 42.9. The van der Waals surface area contributed by atoms with E-state index in [1.165, 1.54) is 12.7 Å². The van der Waals surface area contributed by atoms with E-state index in [-0.39, 0.29) is 86.0 Å². The van der Waals surface area contributed by atoms with Gasteiger partial charge in [0, 0.05) is 93.2 Å². The fourth-order valence-corrected chi connectivity index (χ4v) is 3.14. The van der Waals surface area contributed by atoms with Crippen LogP contribution < -0.4 is 0 Å². The van der Waals surface area contributed by atoms with Gasteiger partial charge in [-0.3, -0.25) is 9.37 Å². The molecule has 0 saturated carbocycles. The Hall–Kier alpha value is -1.51. The smallest absolute Gasteiger partial charge is 0.113 e. The quantitative estimate of drug-likeness (QED) is 0.178. The third-order valence-electron chi connectivity index (χ3n) is 6.10. The van der Waals surface area contributed by atoms with Crippen LogP contribution in [-0.4, -0.2) is 217 Å². The van der Waals surface area contributed by atoms with Crippen molar-refractivity contribution in [3.63, 3.8) is 0 Å². The maximum atomic E-state index is 11.1. The molecular weight excluding hydrogens is 821 g/mol. The lowest BCUT2D eigenvalue weighted by Gasteiger charge is -2.37. The average molecular weight is 936 g/mol. The lowest BCUT2D eigenvalue weighted by atomic mass is 9.90. The van der Waals surface area contributed by atoms with Gasteiger partial charge in [-0.1, -0.05) is 72.4 Å². The van der Waals surface area contributed by atoms with Gasteiger partial charge in [-0.15, -0.1) is 0 Å². The second-order valence-corrected chi connectivity index (χ2v) is 12.8. The highest BCUT2D eigenvalue weighted by molar-refractivity contribution is 5.04. The van der Waals surface area contributed by atoms with Crippen molar-refractivity contribution in [1.82, 2.24) is 14.8 Å². The van der Waals surface area contributed by atoms with Crippen LogP contribution in [0, 0.1) is 18.3 Å². The summed E-state index contributed by atoms with van der Waals surface area (Å²) in [6.07, 6.45) is 4.13. The molecule has 1 N–H and O–H groups in total. The predicted molar refractivity (Wildman–Crippen MR) is 271 cm³/mol. The van der Waals surface area contributed by atoms with Gasteiger partial charge in [-0.05, 0) is 53.2 Å². The summed E-state index contributed by atoms with van der Waals surface area (Å²) in [7, 11) is 19.5. The minimum atomic E-state index is -0.378. The summed E-state index contributed by atoms with van der Waals surface area (Å²) in [6.45, 7) is 15.5. The van der Waals surface area contributed by atoms with Crippen molar-refractivity contribution in [2.24, 2.45) is 11.3 Å². The number of morpholine rings is 1. The molecule has 0 radical (unpaired) electrons. The number of aliphatic hydroxyl groups is 1. The highest BCUT2D eigenvalue weighted by atomic mass is 19.1. The van der Waals surface area contributed by atoms with Crippen LogP contribution in [0.5, 0.6) is 0 Å². The number of ether oxygens (including phenoxy) is 10. The Morgan fingerprint density at radius 3 is 1.29 bits per heavy atom. The van der Waals surface area contributed by atoms with E-state index in [0.717, 1.165) is 65.9 Å². The fraction of sp³-hybridized carbons (Fsp3) is 0.894. The third-order valence-corrected chi connectivity index (χ3v) is 6.10. The van der Waals surface area contributed by atoms with Crippen LogP contribution in [0.3, 0.4) is 0 Å². The monoisotopic (exact) mass is 936 g/mol. The lowest BCUT2D eigenvalue weighted by molar-refractivity contribution is -0.131. The lowest BCUT2D eigenvalue weighted by Crippen LogP contribution is -2.43.